The second kappa shape index (κ2) is 11.6. The third-order valence-electron chi connectivity index (χ3n) is 9.56. The van der Waals surface area contributed by atoms with Crippen LogP contribution in [0.3, 0.4) is 0 Å². The molecule has 0 atom stereocenters. The number of allylic oxidation sites excluding steroid dienone is 4. The molecule has 0 saturated heterocycles. The molecular weight excluding hydrogens is 518 g/mol. The fourth-order valence-corrected chi connectivity index (χ4v) is 7.47. The van der Waals surface area contributed by atoms with E-state index >= 15 is 0 Å². The first-order chi connectivity index (χ1) is 21.2. The van der Waals surface area contributed by atoms with Crippen molar-refractivity contribution in [1.82, 2.24) is 0 Å². The standard InChI is InChI=1S/C42H39N/c1-3-4-15-31(2)36-18-10-12-21-41(36)43(34-24-22-33(23-25-34)32-16-7-5-8-17-32)35-26-27-38-37-19-9-11-20-39(37)42(40(38)30-35)28-13-6-14-29-42/h3-5,7-12,15-27,30H,6,13-14,28-29H2,1-2H3. The minimum atomic E-state index is 0.115. The fourth-order valence-electron chi connectivity index (χ4n) is 7.47. The first-order valence-electron chi connectivity index (χ1n) is 15.8. The zero-order chi connectivity index (χ0) is 29.2. The number of rotatable bonds is 6. The summed E-state index contributed by atoms with van der Waals surface area (Å²) in [5.74, 6) is 0. The minimum Gasteiger partial charge on any atom is -0.310 e. The lowest BCUT2D eigenvalue weighted by Crippen LogP contribution is -2.28. The van der Waals surface area contributed by atoms with E-state index in [-0.39, 0.29) is 5.41 Å². The number of hydrogen-bond acceptors (Lipinski definition) is 1. The van der Waals surface area contributed by atoms with Crippen LogP contribution in [-0.2, 0) is 5.41 Å². The Balaban J connectivity index is 1.41. The summed E-state index contributed by atoms with van der Waals surface area (Å²) < 4.78 is 0. The number of anilines is 3. The first kappa shape index (κ1) is 27.2. The largest absolute Gasteiger partial charge is 0.310 e. The highest BCUT2D eigenvalue weighted by molar-refractivity contribution is 5.89. The van der Waals surface area contributed by atoms with Gasteiger partial charge in [-0.3, -0.25) is 0 Å². The highest BCUT2D eigenvalue weighted by Gasteiger charge is 2.43. The number of hydrogen-bond donors (Lipinski definition) is 0. The minimum absolute atomic E-state index is 0.115. The molecule has 0 heterocycles. The number of fused-ring (bicyclic) bond motifs is 5. The maximum absolute atomic E-state index is 2.52. The highest BCUT2D eigenvalue weighted by Crippen LogP contribution is 2.57. The molecular formula is C42H39N. The molecule has 212 valence electrons. The van der Waals surface area contributed by atoms with E-state index in [1.165, 1.54) is 93.7 Å². The molecule has 5 aromatic rings. The molecule has 0 aliphatic heterocycles. The maximum Gasteiger partial charge on any atom is 0.0536 e. The summed E-state index contributed by atoms with van der Waals surface area (Å²) in [5.41, 5.74) is 14.5. The van der Waals surface area contributed by atoms with Gasteiger partial charge in [-0.2, -0.15) is 0 Å². The third kappa shape index (κ3) is 4.83. The van der Waals surface area contributed by atoms with Gasteiger partial charge in [0.25, 0.3) is 0 Å². The maximum atomic E-state index is 2.52. The Morgan fingerprint density at radius 2 is 1.28 bits per heavy atom. The van der Waals surface area contributed by atoms with Crippen LogP contribution in [0.2, 0.25) is 0 Å². The predicted octanol–water partition coefficient (Wildman–Crippen LogP) is 12.0. The molecule has 1 spiro atoms. The van der Waals surface area contributed by atoms with Crippen molar-refractivity contribution in [3.63, 3.8) is 0 Å². The Labute approximate surface area is 256 Å². The van der Waals surface area contributed by atoms with Gasteiger partial charge < -0.3 is 4.90 Å². The normalized spacial score (nSPS) is 15.4. The Kier molecular flexibility index (Phi) is 7.33. The van der Waals surface area contributed by atoms with E-state index in [4.69, 9.17) is 0 Å². The Hall–Kier alpha value is -4.62. The van der Waals surface area contributed by atoms with E-state index in [0.29, 0.717) is 0 Å². The molecule has 1 heteroatoms. The zero-order valence-corrected chi connectivity index (χ0v) is 25.3. The van der Waals surface area contributed by atoms with Crippen molar-refractivity contribution in [2.24, 2.45) is 0 Å². The average molecular weight is 558 g/mol. The van der Waals surface area contributed by atoms with Crippen molar-refractivity contribution in [3.8, 4) is 22.3 Å². The van der Waals surface area contributed by atoms with Crippen LogP contribution in [-0.4, -0.2) is 0 Å². The van der Waals surface area contributed by atoms with Crippen molar-refractivity contribution in [1.29, 1.82) is 0 Å². The monoisotopic (exact) mass is 557 g/mol. The Bertz CT molecular complexity index is 1800. The topological polar surface area (TPSA) is 3.24 Å². The van der Waals surface area contributed by atoms with Crippen LogP contribution in [0.15, 0.2) is 140 Å². The van der Waals surface area contributed by atoms with Gasteiger partial charge in [-0.15, -0.1) is 0 Å². The van der Waals surface area contributed by atoms with Gasteiger partial charge in [-0.1, -0.05) is 128 Å². The SMILES string of the molecule is CC=CC=C(C)c1ccccc1N(c1ccc(-c2ccccc2)cc1)c1ccc2c(c1)C1(CCCCC1)c1ccccc1-2. The predicted molar refractivity (Wildman–Crippen MR) is 184 cm³/mol. The molecule has 0 amide bonds. The summed E-state index contributed by atoms with van der Waals surface area (Å²) in [6.45, 7) is 4.28. The molecule has 1 nitrogen and oxygen atoms in total. The molecule has 1 fully saturated rings. The summed E-state index contributed by atoms with van der Waals surface area (Å²) in [6.07, 6.45) is 12.8. The van der Waals surface area contributed by atoms with Crippen LogP contribution in [0.4, 0.5) is 17.1 Å². The summed E-state index contributed by atoms with van der Waals surface area (Å²) in [5, 5.41) is 0. The fraction of sp³-hybridized carbons (Fsp3) is 0.190. The van der Waals surface area contributed by atoms with Crippen LogP contribution < -0.4 is 4.90 Å². The summed E-state index contributed by atoms with van der Waals surface area (Å²) >= 11 is 0. The van der Waals surface area contributed by atoms with E-state index in [0.717, 1.165) is 0 Å². The summed E-state index contributed by atoms with van der Waals surface area (Å²) in [6, 6.07) is 45.0. The van der Waals surface area contributed by atoms with E-state index in [9.17, 15) is 0 Å². The van der Waals surface area contributed by atoms with E-state index in [2.05, 4.69) is 158 Å². The van der Waals surface area contributed by atoms with Crippen LogP contribution in [0, 0.1) is 0 Å². The van der Waals surface area contributed by atoms with E-state index < -0.39 is 0 Å². The van der Waals surface area contributed by atoms with Gasteiger partial charge >= 0.3 is 0 Å². The second-order valence-electron chi connectivity index (χ2n) is 12.1. The van der Waals surface area contributed by atoms with Crippen molar-refractivity contribution in [2.45, 2.75) is 51.4 Å². The lowest BCUT2D eigenvalue weighted by molar-refractivity contribution is 0.353. The summed E-state index contributed by atoms with van der Waals surface area (Å²) in [4.78, 5) is 2.47. The van der Waals surface area contributed by atoms with Crippen LogP contribution in [0.5, 0.6) is 0 Å². The van der Waals surface area contributed by atoms with Crippen molar-refractivity contribution in [2.75, 3.05) is 4.90 Å². The Morgan fingerprint density at radius 3 is 2.07 bits per heavy atom. The van der Waals surface area contributed by atoms with E-state index in [1.54, 1.807) is 0 Å². The molecule has 0 unspecified atom stereocenters. The van der Waals surface area contributed by atoms with Gasteiger partial charge in [0.15, 0.2) is 0 Å². The first-order valence-corrected chi connectivity index (χ1v) is 15.8. The van der Waals surface area contributed by atoms with Crippen LogP contribution in [0.1, 0.15) is 62.6 Å². The smallest absolute Gasteiger partial charge is 0.0536 e. The van der Waals surface area contributed by atoms with Crippen molar-refractivity contribution >= 4 is 22.6 Å². The molecule has 1 saturated carbocycles. The zero-order valence-electron chi connectivity index (χ0n) is 25.3. The van der Waals surface area contributed by atoms with Crippen molar-refractivity contribution in [3.05, 3.63) is 156 Å². The summed E-state index contributed by atoms with van der Waals surface area (Å²) in [7, 11) is 0. The molecule has 0 bridgehead atoms. The van der Waals surface area contributed by atoms with Crippen molar-refractivity contribution < 1.29 is 0 Å². The lowest BCUT2D eigenvalue weighted by atomic mass is 9.68. The van der Waals surface area contributed by atoms with E-state index in [1.807, 2.05) is 0 Å². The molecule has 43 heavy (non-hydrogen) atoms. The molecule has 2 aliphatic rings. The Morgan fingerprint density at radius 1 is 0.628 bits per heavy atom. The van der Waals surface area contributed by atoms with Gasteiger partial charge in [0.05, 0.1) is 5.69 Å². The second-order valence-corrected chi connectivity index (χ2v) is 12.1. The van der Waals surface area contributed by atoms with Gasteiger partial charge in [0.2, 0.25) is 0 Å². The third-order valence-corrected chi connectivity index (χ3v) is 9.56. The highest BCUT2D eigenvalue weighted by atomic mass is 15.1. The number of nitrogens with zero attached hydrogens (tertiary/aromatic N) is 1. The molecule has 2 aliphatic carbocycles. The van der Waals surface area contributed by atoms with Crippen LogP contribution in [0.25, 0.3) is 27.8 Å². The average Bonchev–Trinajstić information content (AvgIpc) is 3.33. The number of benzene rings is 5. The molecule has 5 aromatic carbocycles. The van der Waals surface area contributed by atoms with Gasteiger partial charge in [-0.25, -0.2) is 0 Å². The molecule has 7 rings (SSSR count). The molecule has 0 aromatic heterocycles. The van der Waals surface area contributed by atoms with Gasteiger partial charge in [0, 0.05) is 22.4 Å². The van der Waals surface area contributed by atoms with Crippen LogP contribution >= 0.6 is 0 Å². The lowest BCUT2D eigenvalue weighted by Gasteiger charge is -2.37. The van der Waals surface area contributed by atoms with Gasteiger partial charge in [-0.05, 0) is 96.0 Å². The molecule has 0 radical (unpaired) electrons. The molecule has 0 N–H and O–H groups in total. The number of para-hydroxylation sites is 1. The van der Waals surface area contributed by atoms with Gasteiger partial charge in [0.1, 0.15) is 0 Å². The quantitative estimate of drug-likeness (QED) is 0.188.